The number of nitrogens with zero attached hydrogens (tertiary/aromatic N) is 2. The van der Waals surface area contributed by atoms with E-state index in [1.165, 1.54) is 73.1 Å². The van der Waals surface area contributed by atoms with E-state index in [-0.39, 0.29) is 13.4 Å². The molecule has 8 heteroatoms. The summed E-state index contributed by atoms with van der Waals surface area (Å²) in [4.78, 5) is 10.0. The Hall–Kier alpha value is -10.5. The van der Waals surface area contributed by atoms with Gasteiger partial charge in [0.15, 0.2) is 8.07 Å². The van der Waals surface area contributed by atoms with Gasteiger partial charge in [-0.3, -0.25) is 0 Å². The minimum Gasteiger partial charge on any atom is -0.458 e. The van der Waals surface area contributed by atoms with E-state index in [1.54, 1.807) is 0 Å². The molecule has 0 saturated heterocycles. The van der Waals surface area contributed by atoms with Gasteiger partial charge >= 0.3 is 0 Å². The Morgan fingerprint density at radius 2 is 0.772 bits per heavy atom. The fourth-order valence-corrected chi connectivity index (χ4v) is 22.4. The molecule has 92 heavy (non-hydrogen) atoms. The molecule has 0 aromatic heterocycles. The SMILES string of the molecule is c1ccc(-c2ccc(-c3ccccc3)c(N3c4cc5c(cc4B4c6ccccc6Sc6cc(N(c7ccccc7)c7ccccc7)cc3c64)B3c4ccccc4Sc4cc(-c6cccc([Si](c7ccccc7)(c7ccccc7)c7ccccc7)c6)cc(c43)O5)c2)cc1. The maximum atomic E-state index is 7.76. The molecule has 3 nitrogen and oxygen atoms in total. The summed E-state index contributed by atoms with van der Waals surface area (Å²) in [6.45, 7) is -0.179. The van der Waals surface area contributed by atoms with Crippen LogP contribution in [0.25, 0.3) is 33.4 Å². The molecule has 18 rings (SSSR count). The fraction of sp³-hybridized carbons (Fsp3) is 0. The number of ether oxygens (including phenoxy) is 1. The van der Waals surface area contributed by atoms with Crippen LogP contribution >= 0.6 is 23.5 Å². The van der Waals surface area contributed by atoms with Gasteiger partial charge in [-0.25, -0.2) is 0 Å². The second-order valence-electron chi connectivity index (χ2n) is 24.2. The Morgan fingerprint density at radius 1 is 0.283 bits per heavy atom. The van der Waals surface area contributed by atoms with Gasteiger partial charge in [-0.2, -0.15) is 0 Å². The highest BCUT2D eigenvalue weighted by Gasteiger charge is 2.47. The monoisotopic (exact) mass is 1220 g/mol. The zero-order valence-corrected chi connectivity index (χ0v) is 52.7. The van der Waals surface area contributed by atoms with Gasteiger partial charge in [-0.15, -0.1) is 0 Å². The van der Waals surface area contributed by atoms with Gasteiger partial charge in [0.1, 0.15) is 11.5 Å². The number of hydrogen-bond donors (Lipinski definition) is 0. The van der Waals surface area contributed by atoms with Crippen LogP contribution in [0.1, 0.15) is 0 Å². The smallest absolute Gasteiger partial charge is 0.253 e. The van der Waals surface area contributed by atoms with Gasteiger partial charge < -0.3 is 14.5 Å². The Morgan fingerprint density at radius 3 is 1.37 bits per heavy atom. The highest BCUT2D eigenvalue weighted by Crippen LogP contribution is 2.50. The molecule has 0 N–H and O–H groups in total. The Bertz CT molecular complexity index is 5030. The van der Waals surface area contributed by atoms with Crippen LogP contribution in [0, 0.1) is 0 Å². The number of benzene rings is 14. The van der Waals surface area contributed by atoms with Crippen LogP contribution < -0.4 is 68.1 Å². The van der Waals surface area contributed by atoms with Gasteiger partial charge in [-0.05, 0) is 137 Å². The third-order valence-corrected chi connectivity index (χ3v) is 26.2. The molecule has 4 aliphatic rings. The second-order valence-corrected chi connectivity index (χ2v) is 30.2. The average molecular weight is 1220 g/mol. The molecule has 14 aromatic carbocycles. The summed E-state index contributed by atoms with van der Waals surface area (Å²) < 4.78 is 7.76. The van der Waals surface area contributed by atoms with Gasteiger partial charge in [0.25, 0.3) is 6.71 Å². The lowest BCUT2D eigenvalue weighted by Gasteiger charge is -2.43. The molecule has 0 fully saturated rings. The van der Waals surface area contributed by atoms with E-state index < -0.39 is 8.07 Å². The van der Waals surface area contributed by atoms with E-state index in [9.17, 15) is 0 Å². The van der Waals surface area contributed by atoms with Gasteiger partial charge in [-0.1, -0.05) is 301 Å². The van der Waals surface area contributed by atoms with Crippen LogP contribution in [0.5, 0.6) is 11.5 Å². The first-order valence-electron chi connectivity index (χ1n) is 31.6. The summed E-state index contributed by atoms with van der Waals surface area (Å²) in [7, 11) is -2.85. The minimum atomic E-state index is -2.85. The molecular formula is C84H56B2N2OS2Si. The van der Waals surface area contributed by atoms with Crippen LogP contribution in [0.15, 0.2) is 359 Å². The van der Waals surface area contributed by atoms with Crippen molar-refractivity contribution in [3.8, 4) is 44.9 Å². The van der Waals surface area contributed by atoms with Crippen molar-refractivity contribution in [2.75, 3.05) is 9.80 Å². The van der Waals surface area contributed by atoms with E-state index in [2.05, 4.69) is 350 Å². The zero-order valence-electron chi connectivity index (χ0n) is 50.1. The molecular weight excluding hydrogens is 1170 g/mol. The molecule has 0 bridgehead atoms. The van der Waals surface area contributed by atoms with Crippen molar-refractivity contribution in [2.24, 2.45) is 0 Å². The molecule has 0 unspecified atom stereocenters. The number of rotatable bonds is 11. The molecule has 14 aromatic rings. The Balaban J connectivity index is 0.885. The molecule has 0 amide bonds. The van der Waals surface area contributed by atoms with Crippen molar-refractivity contribution in [2.45, 2.75) is 19.6 Å². The summed E-state index contributed by atoms with van der Waals surface area (Å²) in [5.41, 5.74) is 21.0. The Kier molecular flexibility index (Phi) is 13.3. The number of anilines is 6. The van der Waals surface area contributed by atoms with Crippen molar-refractivity contribution in [1.29, 1.82) is 0 Å². The molecule has 0 aliphatic carbocycles. The van der Waals surface area contributed by atoms with Crippen molar-refractivity contribution >= 4 is 133 Å². The van der Waals surface area contributed by atoms with Crippen LogP contribution in [-0.4, -0.2) is 21.5 Å². The standard InChI is InChI=1S/C84H56B2N2OS2Si/c1-8-27-57(28-9-1)60-47-48-69(58-29-10-2-11-30-58)74(50-60)88-75-56-77-73(55-72(75)85-70-43-22-24-45-79(70)91-82-54-64(53-76(88)83(82)85)87(62-32-12-3-13-33-62)63-34-14-4-15-35-63)86-71-44-23-25-46-80(71)90-81-52-61(51-78(89-77)84(81)86)59-31-26-42-68(49-59)92(65-36-16-5-17-37-65,66-38-18-6-19-39-66)67-40-20-7-21-41-67/h1-56H. The van der Waals surface area contributed by atoms with Crippen LogP contribution in [-0.2, 0) is 0 Å². The second kappa shape index (κ2) is 22.5. The summed E-state index contributed by atoms with van der Waals surface area (Å²) in [5, 5.41) is 5.37. The van der Waals surface area contributed by atoms with Gasteiger partial charge in [0, 0.05) is 59.6 Å². The molecule has 430 valence electrons. The summed E-state index contributed by atoms with van der Waals surface area (Å²) in [6.07, 6.45) is 0. The molecule has 0 saturated carbocycles. The summed E-state index contributed by atoms with van der Waals surface area (Å²) >= 11 is 3.76. The van der Waals surface area contributed by atoms with Crippen LogP contribution in [0.2, 0.25) is 0 Å². The van der Waals surface area contributed by atoms with Crippen molar-refractivity contribution in [3.63, 3.8) is 0 Å². The van der Waals surface area contributed by atoms with E-state index in [0.717, 1.165) is 79.0 Å². The van der Waals surface area contributed by atoms with Gasteiger partial charge in [0.05, 0.1) is 5.69 Å². The van der Waals surface area contributed by atoms with E-state index in [0.29, 0.717) is 0 Å². The van der Waals surface area contributed by atoms with Crippen LogP contribution in [0.3, 0.4) is 0 Å². The van der Waals surface area contributed by atoms with Gasteiger partial charge in [0.2, 0.25) is 6.71 Å². The normalized spacial score (nSPS) is 12.9. The third-order valence-electron chi connectivity index (χ3n) is 19.1. The molecule has 4 heterocycles. The average Bonchev–Trinajstić information content (AvgIpc) is 0.699. The quantitative estimate of drug-likeness (QED) is 0.0944. The molecule has 4 aliphatic heterocycles. The van der Waals surface area contributed by atoms with Crippen molar-refractivity contribution in [1.82, 2.24) is 0 Å². The highest BCUT2D eigenvalue weighted by molar-refractivity contribution is 8.00. The first kappa shape index (κ1) is 54.5. The first-order valence-corrected chi connectivity index (χ1v) is 35.2. The predicted octanol–water partition coefficient (Wildman–Crippen LogP) is 15.4. The fourth-order valence-electron chi connectivity index (χ4n) is 15.2. The first-order chi connectivity index (χ1) is 45.6. The molecule has 0 radical (unpaired) electrons. The molecule has 0 spiro atoms. The van der Waals surface area contributed by atoms with Crippen LogP contribution in [0.4, 0.5) is 34.1 Å². The number of fused-ring (bicyclic) bond motifs is 8. The number of hydrogen-bond acceptors (Lipinski definition) is 5. The summed E-state index contributed by atoms with van der Waals surface area (Å²) in [5.74, 6) is 1.76. The lowest BCUT2D eigenvalue weighted by Crippen LogP contribution is -2.74. The van der Waals surface area contributed by atoms with Crippen molar-refractivity contribution in [3.05, 3.63) is 340 Å². The third kappa shape index (κ3) is 8.92. The lowest BCUT2D eigenvalue weighted by atomic mass is 9.32. The van der Waals surface area contributed by atoms with E-state index in [1.807, 2.05) is 23.5 Å². The molecule has 0 atom stereocenters. The maximum Gasteiger partial charge on any atom is 0.253 e. The van der Waals surface area contributed by atoms with E-state index in [4.69, 9.17) is 4.74 Å². The lowest BCUT2D eigenvalue weighted by molar-refractivity contribution is 0.487. The maximum absolute atomic E-state index is 7.76. The predicted molar refractivity (Wildman–Crippen MR) is 393 cm³/mol. The van der Waals surface area contributed by atoms with E-state index >= 15 is 0 Å². The largest absolute Gasteiger partial charge is 0.458 e. The topological polar surface area (TPSA) is 15.7 Å². The highest BCUT2D eigenvalue weighted by atomic mass is 32.2. The zero-order chi connectivity index (χ0) is 60.7. The number of para-hydroxylation sites is 2. The Labute approximate surface area is 547 Å². The summed E-state index contributed by atoms with van der Waals surface area (Å²) in [6, 6.07) is 127. The minimum absolute atomic E-state index is 0.0855. The van der Waals surface area contributed by atoms with Crippen molar-refractivity contribution < 1.29 is 4.74 Å².